The van der Waals surface area contributed by atoms with Gasteiger partial charge in [-0.05, 0) is 61.3 Å². The highest BCUT2D eigenvalue weighted by Crippen LogP contribution is 2.37. The summed E-state index contributed by atoms with van der Waals surface area (Å²) >= 11 is 0. The largest absolute Gasteiger partial charge is 0.472 e. The molecule has 112 valence electrons. The van der Waals surface area contributed by atoms with E-state index in [0.717, 1.165) is 13.0 Å². The van der Waals surface area contributed by atoms with E-state index in [9.17, 15) is 0 Å². The van der Waals surface area contributed by atoms with Crippen molar-refractivity contribution in [2.75, 3.05) is 6.54 Å². The van der Waals surface area contributed by atoms with Crippen molar-refractivity contribution < 1.29 is 4.42 Å². The first kappa shape index (κ1) is 14.4. The molecule has 2 heteroatoms. The molecule has 3 unspecified atom stereocenters. The highest BCUT2D eigenvalue weighted by atomic mass is 16.3. The van der Waals surface area contributed by atoms with Crippen molar-refractivity contribution in [3.8, 4) is 0 Å². The monoisotopic (exact) mass is 283 g/mol. The van der Waals surface area contributed by atoms with E-state index in [-0.39, 0.29) is 0 Å². The summed E-state index contributed by atoms with van der Waals surface area (Å²) in [7, 11) is 0. The third kappa shape index (κ3) is 3.56. The summed E-state index contributed by atoms with van der Waals surface area (Å²) in [5, 5.41) is 3.69. The van der Waals surface area contributed by atoms with Crippen LogP contribution in [0.2, 0.25) is 0 Å². The number of hydrogen-bond acceptors (Lipinski definition) is 2. The lowest BCUT2D eigenvalue weighted by molar-refractivity contribution is 0.240. The van der Waals surface area contributed by atoms with Crippen LogP contribution in [-0.4, -0.2) is 12.6 Å². The average molecular weight is 283 g/mol. The van der Waals surface area contributed by atoms with Crippen molar-refractivity contribution >= 4 is 0 Å². The number of furan rings is 1. The maximum Gasteiger partial charge on any atom is 0.0934 e. The van der Waals surface area contributed by atoms with Gasteiger partial charge in [-0.1, -0.05) is 37.3 Å². The first-order valence-electron chi connectivity index (χ1n) is 8.16. The van der Waals surface area contributed by atoms with Gasteiger partial charge in [0.1, 0.15) is 0 Å². The summed E-state index contributed by atoms with van der Waals surface area (Å²) in [6.45, 7) is 3.26. The lowest BCUT2D eigenvalue weighted by Crippen LogP contribution is -2.41. The van der Waals surface area contributed by atoms with E-state index in [0.29, 0.717) is 17.9 Å². The minimum Gasteiger partial charge on any atom is -0.472 e. The van der Waals surface area contributed by atoms with Crippen LogP contribution in [0.5, 0.6) is 0 Å². The second-order valence-corrected chi connectivity index (χ2v) is 6.18. The molecule has 0 amide bonds. The summed E-state index contributed by atoms with van der Waals surface area (Å²) in [5.74, 6) is 1.40. The minimum atomic E-state index is 0.643. The Morgan fingerprint density at radius 1 is 1.14 bits per heavy atom. The van der Waals surface area contributed by atoms with Gasteiger partial charge >= 0.3 is 0 Å². The standard InChI is InChI=1S/C19H25NO/c1-2-20-19-9-8-17(16-6-4-3-5-7-16)13-18(19)12-15-10-11-21-14-15/h3-7,10-11,14,17-20H,2,8-9,12-13H2,1H3. The summed E-state index contributed by atoms with van der Waals surface area (Å²) in [6, 6.07) is 13.8. The molecular weight excluding hydrogens is 258 g/mol. The second kappa shape index (κ2) is 6.95. The fourth-order valence-corrected chi connectivity index (χ4v) is 3.76. The van der Waals surface area contributed by atoms with Crippen molar-refractivity contribution in [2.24, 2.45) is 5.92 Å². The van der Waals surface area contributed by atoms with Gasteiger partial charge in [-0.25, -0.2) is 0 Å². The molecule has 1 saturated carbocycles. The molecule has 1 heterocycles. The Hall–Kier alpha value is -1.54. The highest BCUT2D eigenvalue weighted by Gasteiger charge is 2.30. The van der Waals surface area contributed by atoms with Gasteiger partial charge in [-0.2, -0.15) is 0 Å². The Morgan fingerprint density at radius 3 is 2.71 bits per heavy atom. The Balaban J connectivity index is 1.72. The molecule has 0 radical (unpaired) electrons. The van der Waals surface area contributed by atoms with E-state index < -0.39 is 0 Å². The van der Waals surface area contributed by atoms with Crippen LogP contribution in [0.15, 0.2) is 53.3 Å². The Bertz CT molecular complexity index is 520. The minimum absolute atomic E-state index is 0.643. The van der Waals surface area contributed by atoms with E-state index in [4.69, 9.17) is 4.42 Å². The van der Waals surface area contributed by atoms with Gasteiger partial charge in [-0.3, -0.25) is 0 Å². The first-order valence-corrected chi connectivity index (χ1v) is 8.16. The van der Waals surface area contributed by atoms with Crippen LogP contribution >= 0.6 is 0 Å². The first-order chi connectivity index (χ1) is 10.4. The normalized spacial score (nSPS) is 25.9. The number of benzene rings is 1. The van der Waals surface area contributed by atoms with Gasteiger partial charge in [0.2, 0.25) is 0 Å². The summed E-state index contributed by atoms with van der Waals surface area (Å²) in [6.07, 6.45) is 8.65. The molecule has 3 atom stereocenters. The smallest absolute Gasteiger partial charge is 0.0934 e. The van der Waals surface area contributed by atoms with Gasteiger partial charge < -0.3 is 9.73 Å². The molecule has 1 N–H and O–H groups in total. The highest BCUT2D eigenvalue weighted by molar-refractivity contribution is 5.21. The number of nitrogens with one attached hydrogen (secondary N) is 1. The Morgan fingerprint density at radius 2 is 2.00 bits per heavy atom. The predicted octanol–water partition coefficient (Wildman–Crippen LogP) is 4.38. The molecule has 2 nitrogen and oxygen atoms in total. The zero-order valence-corrected chi connectivity index (χ0v) is 12.8. The third-order valence-corrected chi connectivity index (χ3v) is 4.80. The zero-order chi connectivity index (χ0) is 14.5. The second-order valence-electron chi connectivity index (χ2n) is 6.18. The molecule has 0 saturated heterocycles. The van der Waals surface area contributed by atoms with Gasteiger partial charge in [0.05, 0.1) is 12.5 Å². The SMILES string of the molecule is CCNC1CCC(c2ccccc2)CC1Cc1ccoc1. The molecule has 1 aromatic carbocycles. The molecule has 1 aromatic heterocycles. The number of rotatable bonds is 5. The lowest BCUT2D eigenvalue weighted by atomic mass is 9.73. The van der Waals surface area contributed by atoms with Crippen LogP contribution in [0.1, 0.15) is 43.2 Å². The van der Waals surface area contributed by atoms with Crippen molar-refractivity contribution in [1.29, 1.82) is 0 Å². The molecule has 2 aromatic rings. The lowest BCUT2D eigenvalue weighted by Gasteiger charge is -2.37. The van der Waals surface area contributed by atoms with Crippen molar-refractivity contribution in [2.45, 2.75) is 44.6 Å². The van der Waals surface area contributed by atoms with E-state index >= 15 is 0 Å². The van der Waals surface area contributed by atoms with E-state index in [1.54, 1.807) is 6.26 Å². The molecule has 1 fully saturated rings. The van der Waals surface area contributed by atoms with E-state index in [2.05, 4.69) is 48.6 Å². The van der Waals surface area contributed by atoms with Gasteiger partial charge in [-0.15, -0.1) is 0 Å². The molecule has 3 rings (SSSR count). The van der Waals surface area contributed by atoms with Crippen LogP contribution < -0.4 is 5.32 Å². The van der Waals surface area contributed by atoms with Crippen LogP contribution in [0.4, 0.5) is 0 Å². The molecule has 0 aliphatic heterocycles. The molecular formula is C19H25NO. The molecule has 0 spiro atoms. The topological polar surface area (TPSA) is 25.2 Å². The Kier molecular flexibility index (Phi) is 4.76. The van der Waals surface area contributed by atoms with E-state index in [1.165, 1.54) is 30.4 Å². The molecule has 1 aliphatic rings. The maximum absolute atomic E-state index is 5.24. The van der Waals surface area contributed by atoms with Crippen LogP contribution in [0.25, 0.3) is 0 Å². The van der Waals surface area contributed by atoms with Gasteiger partial charge in [0.25, 0.3) is 0 Å². The van der Waals surface area contributed by atoms with Crippen LogP contribution in [0.3, 0.4) is 0 Å². The summed E-state index contributed by atoms with van der Waals surface area (Å²) in [4.78, 5) is 0. The summed E-state index contributed by atoms with van der Waals surface area (Å²) in [5.41, 5.74) is 2.83. The van der Waals surface area contributed by atoms with E-state index in [1.807, 2.05) is 6.26 Å². The van der Waals surface area contributed by atoms with Crippen molar-refractivity contribution in [3.63, 3.8) is 0 Å². The fraction of sp³-hybridized carbons (Fsp3) is 0.474. The van der Waals surface area contributed by atoms with Crippen molar-refractivity contribution in [3.05, 3.63) is 60.1 Å². The molecule has 21 heavy (non-hydrogen) atoms. The molecule has 0 bridgehead atoms. The predicted molar refractivity (Wildman–Crippen MR) is 86.4 cm³/mol. The Labute approximate surface area is 127 Å². The third-order valence-electron chi connectivity index (χ3n) is 4.80. The van der Waals surface area contributed by atoms with Gasteiger partial charge in [0, 0.05) is 6.04 Å². The maximum atomic E-state index is 5.24. The summed E-state index contributed by atoms with van der Waals surface area (Å²) < 4.78 is 5.24. The van der Waals surface area contributed by atoms with Crippen LogP contribution in [-0.2, 0) is 6.42 Å². The number of hydrogen-bond donors (Lipinski definition) is 1. The quantitative estimate of drug-likeness (QED) is 0.880. The average Bonchev–Trinajstić information content (AvgIpc) is 3.03. The zero-order valence-electron chi connectivity index (χ0n) is 12.8. The fourth-order valence-electron chi connectivity index (χ4n) is 3.76. The van der Waals surface area contributed by atoms with Crippen molar-refractivity contribution in [1.82, 2.24) is 5.32 Å². The van der Waals surface area contributed by atoms with Crippen LogP contribution in [0, 0.1) is 5.92 Å². The van der Waals surface area contributed by atoms with Gasteiger partial charge in [0.15, 0.2) is 0 Å². The molecule has 1 aliphatic carbocycles.